The highest BCUT2D eigenvalue weighted by atomic mass is 32.2. The van der Waals surface area contributed by atoms with Gasteiger partial charge in [0.2, 0.25) is 5.82 Å². The number of anilines is 1. The van der Waals surface area contributed by atoms with Gasteiger partial charge in [-0.3, -0.25) is 4.72 Å². The normalized spacial score (nSPS) is 15.1. The van der Waals surface area contributed by atoms with E-state index in [1.807, 2.05) is 18.2 Å². The number of aromatic nitrogens is 2. The van der Waals surface area contributed by atoms with Gasteiger partial charge in [-0.15, -0.1) is 0 Å². The first kappa shape index (κ1) is 20.4. The van der Waals surface area contributed by atoms with Crippen LogP contribution in [0.2, 0.25) is 0 Å². The highest BCUT2D eigenvalue weighted by Gasteiger charge is 2.21. The standard InChI is InChI=1S/C22H25N3O4S/c1-28-17-11-13-18(14-12-17)30(26,27)25-21-22(29-15-16-7-3-2-4-8-16)24-20-10-6-5-9-19(20)23-21/h5-6,9-14,16H,2-4,7-8,15H2,1H3,(H,23,25). The molecular formula is C22H25N3O4S. The number of rotatable bonds is 7. The summed E-state index contributed by atoms with van der Waals surface area (Å²) in [6, 6.07) is 13.5. The van der Waals surface area contributed by atoms with Crippen LogP contribution < -0.4 is 14.2 Å². The maximum Gasteiger partial charge on any atom is 0.263 e. The largest absolute Gasteiger partial charge is 0.497 e. The smallest absolute Gasteiger partial charge is 0.263 e. The van der Waals surface area contributed by atoms with Crippen LogP contribution in [0.5, 0.6) is 11.6 Å². The highest BCUT2D eigenvalue weighted by molar-refractivity contribution is 7.92. The van der Waals surface area contributed by atoms with Gasteiger partial charge in [0.1, 0.15) is 5.75 Å². The Morgan fingerprint density at radius 2 is 1.63 bits per heavy atom. The number of nitrogens with zero attached hydrogens (tertiary/aromatic N) is 2. The monoisotopic (exact) mass is 427 g/mol. The first-order valence-corrected chi connectivity index (χ1v) is 11.6. The van der Waals surface area contributed by atoms with Crippen LogP contribution in [0.4, 0.5) is 5.82 Å². The van der Waals surface area contributed by atoms with Crippen molar-refractivity contribution in [2.24, 2.45) is 5.92 Å². The third-order valence-electron chi connectivity index (χ3n) is 5.32. The van der Waals surface area contributed by atoms with Crippen molar-refractivity contribution in [2.45, 2.75) is 37.0 Å². The molecule has 0 unspecified atom stereocenters. The van der Waals surface area contributed by atoms with Gasteiger partial charge in [-0.1, -0.05) is 31.4 Å². The van der Waals surface area contributed by atoms with E-state index < -0.39 is 10.0 Å². The number of para-hydroxylation sites is 2. The number of ether oxygens (including phenoxy) is 2. The number of hydrogen-bond acceptors (Lipinski definition) is 6. The molecule has 0 saturated heterocycles. The van der Waals surface area contributed by atoms with Crippen LogP contribution in [-0.2, 0) is 10.0 Å². The van der Waals surface area contributed by atoms with E-state index in [2.05, 4.69) is 14.7 Å². The van der Waals surface area contributed by atoms with Gasteiger partial charge in [0, 0.05) is 0 Å². The van der Waals surface area contributed by atoms with Gasteiger partial charge >= 0.3 is 0 Å². The average Bonchev–Trinajstić information content (AvgIpc) is 2.78. The Kier molecular flexibility index (Phi) is 6.03. The Hall–Kier alpha value is -2.87. The molecule has 0 atom stereocenters. The van der Waals surface area contributed by atoms with Crippen LogP contribution in [0.15, 0.2) is 53.4 Å². The topological polar surface area (TPSA) is 90.4 Å². The summed E-state index contributed by atoms with van der Waals surface area (Å²) in [7, 11) is -2.33. The van der Waals surface area contributed by atoms with E-state index in [-0.39, 0.29) is 16.6 Å². The molecule has 1 aromatic heterocycles. The first-order valence-electron chi connectivity index (χ1n) is 10.1. The summed E-state index contributed by atoms with van der Waals surface area (Å²) in [6.07, 6.45) is 5.91. The Labute approximate surface area is 176 Å². The van der Waals surface area contributed by atoms with Crippen molar-refractivity contribution in [3.8, 4) is 11.6 Å². The molecule has 1 N–H and O–H groups in total. The van der Waals surface area contributed by atoms with Crippen LogP contribution in [0.25, 0.3) is 11.0 Å². The SMILES string of the molecule is COc1ccc(S(=O)(=O)Nc2nc3ccccc3nc2OCC2CCCCC2)cc1. The molecule has 0 aliphatic heterocycles. The third kappa shape index (κ3) is 4.64. The molecule has 158 valence electrons. The fourth-order valence-corrected chi connectivity index (χ4v) is 4.64. The van der Waals surface area contributed by atoms with Crippen molar-refractivity contribution >= 4 is 26.9 Å². The van der Waals surface area contributed by atoms with E-state index in [1.54, 1.807) is 18.2 Å². The zero-order valence-electron chi connectivity index (χ0n) is 16.9. The van der Waals surface area contributed by atoms with E-state index in [1.165, 1.54) is 38.5 Å². The number of hydrogen-bond donors (Lipinski definition) is 1. The molecule has 2 aromatic carbocycles. The molecule has 0 bridgehead atoms. The van der Waals surface area contributed by atoms with Crippen LogP contribution in [0, 0.1) is 5.92 Å². The summed E-state index contributed by atoms with van der Waals surface area (Å²) < 4.78 is 39.5. The third-order valence-corrected chi connectivity index (χ3v) is 6.67. The maximum absolute atomic E-state index is 12.9. The molecule has 4 rings (SSSR count). The lowest BCUT2D eigenvalue weighted by molar-refractivity contribution is 0.204. The summed E-state index contributed by atoms with van der Waals surface area (Å²) in [5.74, 6) is 1.34. The van der Waals surface area contributed by atoms with E-state index in [0.717, 1.165) is 12.8 Å². The van der Waals surface area contributed by atoms with Crippen molar-refractivity contribution in [3.63, 3.8) is 0 Å². The predicted molar refractivity (Wildman–Crippen MR) is 115 cm³/mol. The van der Waals surface area contributed by atoms with E-state index in [4.69, 9.17) is 9.47 Å². The van der Waals surface area contributed by atoms with Gasteiger partial charge in [0.25, 0.3) is 15.9 Å². The minimum atomic E-state index is -3.86. The van der Waals surface area contributed by atoms with Crippen molar-refractivity contribution in [1.29, 1.82) is 0 Å². The molecule has 0 spiro atoms. The Balaban J connectivity index is 1.63. The van der Waals surface area contributed by atoms with E-state index in [0.29, 0.717) is 29.3 Å². The first-order chi connectivity index (χ1) is 14.5. The van der Waals surface area contributed by atoms with Crippen LogP contribution in [0.1, 0.15) is 32.1 Å². The Bertz CT molecular complexity index is 1110. The van der Waals surface area contributed by atoms with Crippen molar-refractivity contribution in [1.82, 2.24) is 9.97 Å². The lowest BCUT2D eigenvalue weighted by Gasteiger charge is -2.22. The second-order valence-corrected chi connectivity index (χ2v) is 9.14. The minimum Gasteiger partial charge on any atom is -0.497 e. The van der Waals surface area contributed by atoms with Gasteiger partial charge in [-0.2, -0.15) is 0 Å². The second-order valence-electron chi connectivity index (χ2n) is 7.46. The van der Waals surface area contributed by atoms with Gasteiger partial charge in [0.05, 0.1) is 29.6 Å². The van der Waals surface area contributed by atoms with Crippen molar-refractivity contribution in [2.75, 3.05) is 18.4 Å². The quantitative estimate of drug-likeness (QED) is 0.601. The molecule has 3 aromatic rings. The molecule has 1 fully saturated rings. The van der Waals surface area contributed by atoms with Crippen molar-refractivity contribution in [3.05, 3.63) is 48.5 Å². The molecule has 8 heteroatoms. The Morgan fingerprint density at radius 3 is 2.30 bits per heavy atom. The van der Waals surface area contributed by atoms with Crippen molar-refractivity contribution < 1.29 is 17.9 Å². The number of methoxy groups -OCH3 is 1. The Morgan fingerprint density at radius 1 is 0.967 bits per heavy atom. The summed E-state index contributed by atoms with van der Waals surface area (Å²) >= 11 is 0. The lowest BCUT2D eigenvalue weighted by Crippen LogP contribution is -2.19. The number of nitrogens with one attached hydrogen (secondary N) is 1. The fraction of sp³-hybridized carbons (Fsp3) is 0.364. The van der Waals surface area contributed by atoms with Gasteiger partial charge in [0.15, 0.2) is 0 Å². The minimum absolute atomic E-state index is 0.0975. The summed E-state index contributed by atoms with van der Waals surface area (Å²) in [4.78, 5) is 9.12. The maximum atomic E-state index is 12.9. The summed E-state index contributed by atoms with van der Waals surface area (Å²) in [6.45, 7) is 0.504. The molecular weight excluding hydrogens is 402 g/mol. The molecule has 0 amide bonds. The summed E-state index contributed by atoms with van der Waals surface area (Å²) in [5, 5.41) is 0. The number of sulfonamides is 1. The number of fused-ring (bicyclic) bond motifs is 1. The molecule has 1 aliphatic rings. The van der Waals surface area contributed by atoms with Crippen LogP contribution in [0.3, 0.4) is 0 Å². The molecule has 30 heavy (non-hydrogen) atoms. The lowest BCUT2D eigenvalue weighted by atomic mass is 9.90. The molecule has 7 nitrogen and oxygen atoms in total. The van der Waals surface area contributed by atoms with Gasteiger partial charge in [-0.05, 0) is 55.2 Å². The van der Waals surface area contributed by atoms with Gasteiger partial charge < -0.3 is 9.47 Å². The fourth-order valence-electron chi connectivity index (χ4n) is 3.64. The molecule has 1 saturated carbocycles. The highest BCUT2D eigenvalue weighted by Crippen LogP contribution is 2.29. The summed E-state index contributed by atoms with van der Waals surface area (Å²) in [5.41, 5.74) is 1.25. The van der Waals surface area contributed by atoms with Crippen LogP contribution in [-0.4, -0.2) is 32.1 Å². The van der Waals surface area contributed by atoms with Crippen LogP contribution >= 0.6 is 0 Å². The average molecular weight is 428 g/mol. The molecule has 1 aliphatic carbocycles. The predicted octanol–water partition coefficient (Wildman–Crippen LogP) is 4.40. The molecule has 0 radical (unpaired) electrons. The molecule has 1 heterocycles. The number of benzene rings is 2. The van der Waals surface area contributed by atoms with Gasteiger partial charge in [-0.25, -0.2) is 18.4 Å². The zero-order chi connectivity index (χ0) is 21.0. The van der Waals surface area contributed by atoms with E-state index >= 15 is 0 Å². The zero-order valence-corrected chi connectivity index (χ0v) is 17.7. The second kappa shape index (κ2) is 8.87. The van der Waals surface area contributed by atoms with E-state index in [9.17, 15) is 8.42 Å².